The average molecular weight is 379 g/mol. The summed E-state index contributed by atoms with van der Waals surface area (Å²) in [7, 11) is 0. The first-order valence-electron chi connectivity index (χ1n) is 9.23. The van der Waals surface area contributed by atoms with E-state index in [0.29, 0.717) is 39.1 Å². The molecule has 0 aromatic rings. The van der Waals surface area contributed by atoms with Crippen molar-refractivity contribution in [3.05, 3.63) is 0 Å². The van der Waals surface area contributed by atoms with Crippen molar-refractivity contribution in [2.24, 2.45) is 5.92 Å². The number of nitrogens with one attached hydrogen (secondary N) is 1. The number of hydrogen-bond acceptors (Lipinski definition) is 4. The number of carbonyl (C=O) groups excluding carboxylic acids is 2. The molecule has 2 saturated heterocycles. The molecule has 0 aliphatic carbocycles. The van der Waals surface area contributed by atoms with Crippen LogP contribution in [0.4, 0.5) is 13.2 Å². The molecule has 2 amide bonds. The summed E-state index contributed by atoms with van der Waals surface area (Å²) in [4.78, 5) is 27.4. The summed E-state index contributed by atoms with van der Waals surface area (Å²) in [6.07, 6.45) is -1.56. The van der Waals surface area contributed by atoms with Crippen LogP contribution in [0.2, 0.25) is 0 Å². The number of hydrogen-bond donors (Lipinski definition) is 1. The Kier molecular flexibility index (Phi) is 7.69. The summed E-state index contributed by atoms with van der Waals surface area (Å²) < 4.78 is 43.1. The highest BCUT2D eigenvalue weighted by Gasteiger charge is 2.36. The summed E-state index contributed by atoms with van der Waals surface area (Å²) in [6.45, 7) is 2.81. The second-order valence-corrected chi connectivity index (χ2v) is 7.00. The van der Waals surface area contributed by atoms with Gasteiger partial charge < -0.3 is 15.0 Å². The van der Waals surface area contributed by atoms with E-state index in [-0.39, 0.29) is 25.0 Å². The highest BCUT2D eigenvalue weighted by Crippen LogP contribution is 2.22. The second-order valence-electron chi connectivity index (χ2n) is 7.00. The van der Waals surface area contributed by atoms with Gasteiger partial charge in [-0.2, -0.15) is 13.2 Å². The van der Waals surface area contributed by atoms with Gasteiger partial charge in [0.2, 0.25) is 11.8 Å². The largest absolute Gasteiger partial charge is 0.406 e. The van der Waals surface area contributed by atoms with Gasteiger partial charge in [-0.15, -0.1) is 0 Å². The molecule has 26 heavy (non-hydrogen) atoms. The lowest BCUT2D eigenvalue weighted by atomic mass is 9.96. The van der Waals surface area contributed by atoms with Gasteiger partial charge in [0.25, 0.3) is 0 Å². The molecule has 0 aromatic heterocycles. The van der Waals surface area contributed by atoms with Crippen molar-refractivity contribution in [3.8, 4) is 0 Å². The van der Waals surface area contributed by atoms with Crippen LogP contribution in [0.3, 0.4) is 0 Å². The lowest BCUT2D eigenvalue weighted by molar-refractivity contribution is -0.164. The Hall–Kier alpha value is -1.35. The fraction of sp³-hybridized carbons (Fsp3) is 0.882. The minimum Gasteiger partial charge on any atom is -0.381 e. The molecular weight excluding hydrogens is 351 g/mol. The van der Waals surface area contributed by atoms with Crippen molar-refractivity contribution in [1.29, 1.82) is 0 Å². The molecule has 6 nitrogen and oxygen atoms in total. The Morgan fingerprint density at radius 3 is 2.54 bits per heavy atom. The number of alkyl halides is 3. The van der Waals surface area contributed by atoms with Crippen molar-refractivity contribution in [3.63, 3.8) is 0 Å². The minimum atomic E-state index is -4.40. The van der Waals surface area contributed by atoms with Crippen molar-refractivity contribution >= 4 is 11.8 Å². The molecule has 0 saturated carbocycles. The molecule has 2 aliphatic rings. The Bertz CT molecular complexity index is 482. The number of rotatable bonds is 6. The van der Waals surface area contributed by atoms with Crippen molar-refractivity contribution in [2.75, 3.05) is 45.9 Å². The van der Waals surface area contributed by atoms with E-state index in [1.807, 2.05) is 4.90 Å². The fourth-order valence-corrected chi connectivity index (χ4v) is 3.54. The van der Waals surface area contributed by atoms with Crippen LogP contribution in [0.25, 0.3) is 0 Å². The number of ether oxygens (including phenoxy) is 1. The van der Waals surface area contributed by atoms with E-state index in [2.05, 4.69) is 5.32 Å². The third kappa shape index (κ3) is 6.75. The van der Waals surface area contributed by atoms with Gasteiger partial charge in [0.05, 0.1) is 12.5 Å². The predicted molar refractivity (Wildman–Crippen MR) is 89.5 cm³/mol. The zero-order chi connectivity index (χ0) is 19.2. The third-order valence-corrected chi connectivity index (χ3v) is 4.87. The summed E-state index contributed by atoms with van der Waals surface area (Å²) in [5.41, 5.74) is 0. The Labute approximate surface area is 152 Å². The zero-order valence-corrected chi connectivity index (χ0v) is 15.2. The summed E-state index contributed by atoms with van der Waals surface area (Å²) in [6, 6.07) is 0.112. The van der Waals surface area contributed by atoms with Gasteiger partial charge in [0, 0.05) is 32.3 Å². The van der Waals surface area contributed by atoms with Crippen LogP contribution in [-0.4, -0.2) is 79.8 Å². The fourth-order valence-electron chi connectivity index (χ4n) is 3.54. The maximum atomic E-state index is 12.6. The van der Waals surface area contributed by atoms with Crippen molar-refractivity contribution in [2.45, 2.75) is 44.8 Å². The van der Waals surface area contributed by atoms with E-state index in [4.69, 9.17) is 4.74 Å². The molecule has 2 rings (SSSR count). The molecule has 1 N–H and O–H groups in total. The molecule has 1 unspecified atom stereocenters. The lowest BCUT2D eigenvalue weighted by Crippen LogP contribution is -2.50. The minimum absolute atomic E-state index is 0.0269. The van der Waals surface area contributed by atoms with Gasteiger partial charge in [-0.3, -0.25) is 14.5 Å². The van der Waals surface area contributed by atoms with Crippen LogP contribution in [0, 0.1) is 5.92 Å². The van der Waals surface area contributed by atoms with Gasteiger partial charge >= 0.3 is 6.18 Å². The molecule has 2 heterocycles. The Morgan fingerprint density at radius 1 is 1.23 bits per heavy atom. The van der Waals surface area contributed by atoms with Gasteiger partial charge in [0.15, 0.2) is 0 Å². The van der Waals surface area contributed by atoms with E-state index in [9.17, 15) is 22.8 Å². The monoisotopic (exact) mass is 379 g/mol. The van der Waals surface area contributed by atoms with Crippen molar-refractivity contribution < 1.29 is 27.5 Å². The summed E-state index contributed by atoms with van der Waals surface area (Å²) >= 11 is 0. The number of piperidine rings is 1. The molecule has 0 radical (unpaired) electrons. The standard InChI is InChI=1S/C17H28F3N3O3/c1-2-23(12-17(18,19)20)16(25)13-4-3-7-22(10-13)11-15(24)21-14-5-8-26-9-6-14/h13-14H,2-12H2,1H3,(H,21,24). The van der Waals surface area contributed by atoms with E-state index < -0.39 is 24.5 Å². The quantitative estimate of drug-likeness (QED) is 0.758. The Balaban J connectivity index is 1.83. The maximum absolute atomic E-state index is 12.6. The Morgan fingerprint density at radius 2 is 1.92 bits per heavy atom. The molecule has 150 valence electrons. The first-order chi connectivity index (χ1) is 12.3. The SMILES string of the molecule is CCN(CC(F)(F)F)C(=O)C1CCCN(CC(=O)NC2CCOCC2)C1. The van der Waals surface area contributed by atoms with Gasteiger partial charge in [-0.1, -0.05) is 0 Å². The number of carbonyl (C=O) groups is 2. The van der Waals surface area contributed by atoms with Crippen LogP contribution in [0.15, 0.2) is 0 Å². The number of halogens is 3. The highest BCUT2D eigenvalue weighted by molar-refractivity contribution is 5.80. The van der Waals surface area contributed by atoms with E-state index in [1.165, 1.54) is 0 Å². The first kappa shape index (κ1) is 21.0. The number of nitrogens with zero attached hydrogens (tertiary/aromatic N) is 2. The van der Waals surface area contributed by atoms with E-state index >= 15 is 0 Å². The van der Waals surface area contributed by atoms with Crippen molar-refractivity contribution in [1.82, 2.24) is 15.1 Å². The normalized spacial score (nSPS) is 22.8. The maximum Gasteiger partial charge on any atom is 0.406 e. The molecule has 0 bridgehead atoms. The zero-order valence-electron chi connectivity index (χ0n) is 15.2. The van der Waals surface area contributed by atoms with E-state index in [0.717, 1.165) is 17.7 Å². The molecule has 0 spiro atoms. The van der Waals surface area contributed by atoms with Crippen LogP contribution in [0.1, 0.15) is 32.6 Å². The van der Waals surface area contributed by atoms with Crippen LogP contribution < -0.4 is 5.32 Å². The second kappa shape index (κ2) is 9.55. The smallest absolute Gasteiger partial charge is 0.381 e. The highest BCUT2D eigenvalue weighted by atomic mass is 19.4. The summed E-state index contributed by atoms with van der Waals surface area (Å²) in [5, 5.41) is 2.97. The van der Waals surface area contributed by atoms with Gasteiger partial charge in [0.1, 0.15) is 6.54 Å². The van der Waals surface area contributed by atoms with Crippen LogP contribution in [-0.2, 0) is 14.3 Å². The number of likely N-dealkylation sites (tertiary alicyclic amines) is 1. The molecule has 1 atom stereocenters. The van der Waals surface area contributed by atoms with Crippen LogP contribution >= 0.6 is 0 Å². The molecule has 2 fully saturated rings. The van der Waals surface area contributed by atoms with Gasteiger partial charge in [-0.25, -0.2) is 0 Å². The third-order valence-electron chi connectivity index (χ3n) is 4.87. The molecule has 9 heteroatoms. The first-order valence-corrected chi connectivity index (χ1v) is 9.23. The molecule has 2 aliphatic heterocycles. The molecule has 0 aromatic carbocycles. The lowest BCUT2D eigenvalue weighted by Gasteiger charge is -2.35. The van der Waals surface area contributed by atoms with E-state index in [1.54, 1.807) is 6.92 Å². The number of amides is 2. The summed E-state index contributed by atoms with van der Waals surface area (Å²) in [5.74, 6) is -1.06. The van der Waals surface area contributed by atoms with Gasteiger partial charge in [-0.05, 0) is 39.2 Å². The topological polar surface area (TPSA) is 61.9 Å². The predicted octanol–water partition coefficient (Wildman–Crippen LogP) is 1.40. The molecular formula is C17H28F3N3O3. The van der Waals surface area contributed by atoms with Crippen LogP contribution in [0.5, 0.6) is 0 Å². The average Bonchev–Trinajstić information content (AvgIpc) is 2.59.